The predicted molar refractivity (Wildman–Crippen MR) is 120 cm³/mol. The van der Waals surface area contributed by atoms with Crippen LogP contribution in [0.2, 0.25) is 0 Å². The number of ketones is 2. The Kier molecular flexibility index (Phi) is 5.07. The molecule has 0 saturated carbocycles. The molecule has 8 nitrogen and oxygen atoms in total. The van der Waals surface area contributed by atoms with E-state index in [4.69, 9.17) is 23.7 Å². The molecule has 1 aromatic carbocycles. The number of hydrogen-bond donors (Lipinski definition) is 0. The number of fused-ring (bicyclic) bond motifs is 2. The van der Waals surface area contributed by atoms with E-state index in [2.05, 4.69) is 0 Å². The molecule has 0 amide bonds. The molecule has 34 heavy (non-hydrogen) atoms. The van der Waals surface area contributed by atoms with E-state index in [1.54, 1.807) is 32.1 Å². The molecule has 1 spiro atoms. The van der Waals surface area contributed by atoms with Crippen molar-refractivity contribution in [1.82, 2.24) is 0 Å². The zero-order valence-electron chi connectivity index (χ0n) is 19.7. The highest BCUT2D eigenvalue weighted by Crippen LogP contribution is 2.59. The molecule has 5 rings (SSSR count). The van der Waals surface area contributed by atoms with Crippen LogP contribution >= 0.6 is 0 Å². The highest BCUT2D eigenvalue weighted by Gasteiger charge is 2.59. The van der Waals surface area contributed by atoms with Crippen LogP contribution in [-0.2, 0) is 29.3 Å². The van der Waals surface area contributed by atoms with Gasteiger partial charge in [-0.05, 0) is 37.5 Å². The summed E-state index contributed by atoms with van der Waals surface area (Å²) >= 11 is 0. The number of ether oxygens (including phenoxy) is 5. The SMILES string of the molecule is C/C=C(/C)C(=O)O[C@H]1c2cc3c(c4c2[C@@]2(CO4)C(=O)C(=O)C(OC)=C/C2=C\[C@@H](C)[C@H]1C)OCO3. The third-order valence-corrected chi connectivity index (χ3v) is 7.37. The van der Waals surface area contributed by atoms with E-state index in [-0.39, 0.29) is 31.0 Å². The number of benzene rings is 1. The summed E-state index contributed by atoms with van der Waals surface area (Å²) in [6.07, 6.45) is 4.54. The Hall–Kier alpha value is -3.55. The molecule has 0 bridgehead atoms. The first-order valence-electron chi connectivity index (χ1n) is 11.2. The van der Waals surface area contributed by atoms with Crippen molar-refractivity contribution in [3.05, 3.63) is 52.3 Å². The van der Waals surface area contributed by atoms with Crippen LogP contribution in [0.5, 0.6) is 17.2 Å². The molecule has 1 aromatic rings. The van der Waals surface area contributed by atoms with Gasteiger partial charge in [-0.25, -0.2) is 4.79 Å². The zero-order chi connectivity index (χ0) is 24.4. The molecule has 4 atom stereocenters. The Bertz CT molecular complexity index is 1220. The predicted octanol–water partition coefficient (Wildman–Crippen LogP) is 3.49. The summed E-state index contributed by atoms with van der Waals surface area (Å²) in [4.78, 5) is 39.6. The lowest BCUT2D eigenvalue weighted by Gasteiger charge is -2.38. The van der Waals surface area contributed by atoms with Crippen molar-refractivity contribution in [2.45, 2.75) is 39.2 Å². The summed E-state index contributed by atoms with van der Waals surface area (Å²) in [5.74, 6) is -0.946. The minimum absolute atomic E-state index is 0.00101. The van der Waals surface area contributed by atoms with E-state index >= 15 is 0 Å². The summed E-state index contributed by atoms with van der Waals surface area (Å²) in [7, 11) is 1.37. The highest BCUT2D eigenvalue weighted by molar-refractivity contribution is 6.48. The number of carbonyl (C=O) groups is 3. The topological polar surface area (TPSA) is 97.4 Å². The second-order valence-electron chi connectivity index (χ2n) is 9.11. The molecule has 2 aliphatic heterocycles. The van der Waals surface area contributed by atoms with Crippen LogP contribution in [0.15, 0.2) is 41.2 Å². The lowest BCUT2D eigenvalue weighted by atomic mass is 9.63. The first-order valence-corrected chi connectivity index (χ1v) is 11.2. The molecule has 2 heterocycles. The monoisotopic (exact) mass is 466 g/mol. The molecule has 0 radical (unpaired) electrons. The molecule has 8 heteroatoms. The first-order chi connectivity index (χ1) is 16.2. The van der Waals surface area contributed by atoms with Crippen molar-refractivity contribution in [1.29, 1.82) is 0 Å². The van der Waals surface area contributed by atoms with Crippen molar-refractivity contribution in [3.63, 3.8) is 0 Å². The Morgan fingerprint density at radius 1 is 1.18 bits per heavy atom. The normalized spacial score (nSPS) is 30.7. The van der Waals surface area contributed by atoms with E-state index in [1.165, 1.54) is 7.11 Å². The van der Waals surface area contributed by atoms with Crippen LogP contribution in [-0.4, -0.2) is 38.0 Å². The molecule has 0 fully saturated rings. The molecule has 2 aliphatic carbocycles. The third-order valence-electron chi connectivity index (χ3n) is 7.37. The average molecular weight is 466 g/mol. The quantitative estimate of drug-likeness (QED) is 0.379. The maximum Gasteiger partial charge on any atom is 0.333 e. The standard InChI is InChI=1S/C26H26O8/c1-6-12(2)25(29)34-21-14(4)13(3)7-15-8-17(30-5)20(27)24(28)26(15)10-31-23-19(26)16(21)9-18-22(23)33-11-32-18/h6-9,13-14,21H,10-11H2,1-5H3/b12-6-,15-7+/t13-,14-,21-,26+/m1/s1. The van der Waals surface area contributed by atoms with Crippen molar-refractivity contribution in [3.8, 4) is 17.2 Å². The summed E-state index contributed by atoms with van der Waals surface area (Å²) < 4.78 is 28.6. The van der Waals surface area contributed by atoms with Crippen LogP contribution in [0, 0.1) is 11.8 Å². The summed E-state index contributed by atoms with van der Waals surface area (Å²) in [6, 6.07) is 1.75. The highest BCUT2D eigenvalue weighted by atomic mass is 16.7. The van der Waals surface area contributed by atoms with Gasteiger partial charge in [-0.2, -0.15) is 0 Å². The molecule has 0 saturated heterocycles. The number of Topliss-reactive ketones (excluding diaryl/α,β-unsaturated/α-hetero) is 2. The van der Waals surface area contributed by atoms with Gasteiger partial charge < -0.3 is 23.7 Å². The van der Waals surface area contributed by atoms with E-state index in [9.17, 15) is 14.4 Å². The average Bonchev–Trinajstić information content (AvgIpc) is 3.46. The summed E-state index contributed by atoms with van der Waals surface area (Å²) in [6.45, 7) is 7.36. The van der Waals surface area contributed by atoms with Crippen LogP contribution in [0.25, 0.3) is 0 Å². The molecule has 178 valence electrons. The van der Waals surface area contributed by atoms with Gasteiger partial charge in [-0.3, -0.25) is 9.59 Å². The van der Waals surface area contributed by atoms with Crippen LogP contribution in [0.1, 0.15) is 44.9 Å². The second kappa shape index (κ2) is 7.75. The van der Waals surface area contributed by atoms with Crippen LogP contribution in [0.3, 0.4) is 0 Å². The summed E-state index contributed by atoms with van der Waals surface area (Å²) in [5.41, 5.74) is 0.774. The number of esters is 1. The van der Waals surface area contributed by atoms with Gasteiger partial charge in [-0.15, -0.1) is 0 Å². The fraction of sp³-hybridized carbons (Fsp3) is 0.423. The second-order valence-corrected chi connectivity index (χ2v) is 9.11. The molecule has 0 N–H and O–H groups in total. The largest absolute Gasteiger partial charge is 0.493 e. The first kappa shape index (κ1) is 22.3. The summed E-state index contributed by atoms with van der Waals surface area (Å²) in [5, 5.41) is 0. The smallest absolute Gasteiger partial charge is 0.333 e. The Labute approximate surface area is 197 Å². The lowest BCUT2D eigenvalue weighted by molar-refractivity contribution is -0.148. The molecule has 0 aromatic heterocycles. The number of hydrogen-bond acceptors (Lipinski definition) is 8. The van der Waals surface area contributed by atoms with Crippen LogP contribution in [0.4, 0.5) is 0 Å². The maximum absolute atomic E-state index is 13.7. The van der Waals surface area contributed by atoms with Gasteiger partial charge in [0.25, 0.3) is 5.78 Å². The van der Waals surface area contributed by atoms with E-state index in [0.717, 1.165) is 0 Å². The van der Waals surface area contributed by atoms with Gasteiger partial charge in [0.1, 0.15) is 18.1 Å². The number of carbonyl (C=O) groups excluding carboxylic acids is 3. The zero-order valence-corrected chi connectivity index (χ0v) is 19.7. The van der Waals surface area contributed by atoms with Crippen molar-refractivity contribution in [2.75, 3.05) is 20.5 Å². The van der Waals surface area contributed by atoms with E-state index < -0.39 is 29.1 Å². The molecule has 4 aliphatic rings. The van der Waals surface area contributed by atoms with Crippen molar-refractivity contribution in [2.24, 2.45) is 11.8 Å². The van der Waals surface area contributed by atoms with Gasteiger partial charge in [-0.1, -0.05) is 26.0 Å². The Balaban J connectivity index is 1.82. The van der Waals surface area contributed by atoms with E-state index in [1.807, 2.05) is 19.9 Å². The van der Waals surface area contributed by atoms with Gasteiger partial charge in [0.2, 0.25) is 18.3 Å². The Morgan fingerprint density at radius 2 is 1.94 bits per heavy atom. The fourth-order valence-corrected chi connectivity index (χ4v) is 5.09. The van der Waals surface area contributed by atoms with Crippen molar-refractivity contribution >= 4 is 17.5 Å². The fourth-order valence-electron chi connectivity index (χ4n) is 5.09. The minimum atomic E-state index is -1.39. The molecular weight excluding hydrogens is 440 g/mol. The Morgan fingerprint density at radius 3 is 2.65 bits per heavy atom. The number of rotatable bonds is 3. The van der Waals surface area contributed by atoms with Gasteiger partial charge in [0, 0.05) is 22.6 Å². The lowest BCUT2D eigenvalue weighted by Crippen LogP contribution is -2.48. The third kappa shape index (κ3) is 2.87. The number of methoxy groups -OCH3 is 1. The van der Waals surface area contributed by atoms with E-state index in [0.29, 0.717) is 39.5 Å². The van der Waals surface area contributed by atoms with Gasteiger partial charge in [0.05, 0.1) is 7.11 Å². The molecular formula is C26H26O8. The van der Waals surface area contributed by atoms with Gasteiger partial charge in [0.15, 0.2) is 17.3 Å². The molecule has 0 unspecified atom stereocenters. The maximum atomic E-state index is 13.7. The van der Waals surface area contributed by atoms with Gasteiger partial charge >= 0.3 is 5.97 Å². The minimum Gasteiger partial charge on any atom is -0.493 e. The van der Waals surface area contributed by atoms with Crippen LogP contribution < -0.4 is 14.2 Å². The number of allylic oxidation sites excluding steroid dienone is 4. The van der Waals surface area contributed by atoms with Crippen molar-refractivity contribution < 1.29 is 38.1 Å².